The average molecular weight is 570 g/mol. The van der Waals surface area contributed by atoms with E-state index in [-0.39, 0.29) is 35.8 Å². The Labute approximate surface area is 205 Å². The number of hydrogen-bond donors (Lipinski definition) is 3. The summed E-state index contributed by atoms with van der Waals surface area (Å²) in [5.41, 5.74) is 1.67. The fourth-order valence-electron chi connectivity index (χ4n) is 2.92. The smallest absolute Gasteiger partial charge is 0.216 e. The summed E-state index contributed by atoms with van der Waals surface area (Å²) in [5.74, 6) is 0.674. The number of sulfonamides is 1. The number of rotatable bonds is 14. The van der Waals surface area contributed by atoms with E-state index in [1.807, 2.05) is 45.0 Å². The third-order valence-electron chi connectivity index (χ3n) is 4.31. The Morgan fingerprint density at radius 3 is 2.45 bits per heavy atom. The lowest BCUT2D eigenvalue weighted by atomic mass is 10.1. The second-order valence-corrected chi connectivity index (χ2v) is 9.33. The van der Waals surface area contributed by atoms with Crippen LogP contribution in [0.5, 0.6) is 0 Å². The zero-order valence-electron chi connectivity index (χ0n) is 19.5. The first-order valence-corrected chi connectivity index (χ1v) is 12.2. The van der Waals surface area contributed by atoms with Gasteiger partial charge in [-0.2, -0.15) is 0 Å². The quantitative estimate of drug-likeness (QED) is 0.138. The summed E-state index contributed by atoms with van der Waals surface area (Å²) in [6.45, 7) is 10.2. The number of aliphatic imine (C=N–C) groups is 1. The normalized spacial score (nSPS) is 12.2. The highest BCUT2D eigenvalue weighted by Crippen LogP contribution is 2.13. The van der Waals surface area contributed by atoms with Crippen molar-refractivity contribution in [2.45, 2.75) is 45.5 Å². The average Bonchev–Trinajstić information content (AvgIpc) is 2.66. The number of likely N-dealkylation sites (N-methyl/N-ethyl adjacent to an activating group) is 1. The molecule has 0 saturated carbocycles. The molecule has 0 fully saturated rings. The molecule has 0 bridgehead atoms. The number of hydrogen-bond acceptors (Lipinski definition) is 5. The van der Waals surface area contributed by atoms with Gasteiger partial charge in [0, 0.05) is 45.9 Å². The maximum Gasteiger partial charge on any atom is 0.216 e. The molecule has 0 aromatic heterocycles. The monoisotopic (exact) mass is 569 g/mol. The molecule has 0 spiro atoms. The van der Waals surface area contributed by atoms with Crippen LogP contribution in [0.25, 0.3) is 0 Å². The first-order chi connectivity index (χ1) is 14.3. The summed E-state index contributed by atoms with van der Waals surface area (Å²) < 4.78 is 32.4. The van der Waals surface area contributed by atoms with Crippen LogP contribution in [0.1, 0.15) is 38.3 Å². The van der Waals surface area contributed by atoms with Gasteiger partial charge in [0.05, 0.1) is 12.3 Å². The van der Waals surface area contributed by atoms with Crippen molar-refractivity contribution in [1.29, 1.82) is 0 Å². The lowest BCUT2D eigenvalue weighted by Gasteiger charge is -2.18. The van der Waals surface area contributed by atoms with E-state index in [1.165, 1.54) is 0 Å². The SMILES string of the molecule is CCNC(=NCc1ccccc1CS(=O)(=O)NC(C)C)NCCN(C)CCCOC.I. The first-order valence-electron chi connectivity index (χ1n) is 10.5. The number of guanidine groups is 1. The lowest BCUT2D eigenvalue weighted by molar-refractivity contribution is 0.180. The van der Waals surface area contributed by atoms with Crippen LogP contribution >= 0.6 is 24.0 Å². The molecule has 1 rings (SSSR count). The van der Waals surface area contributed by atoms with Crippen molar-refractivity contribution in [2.24, 2.45) is 4.99 Å². The molecule has 0 aliphatic carbocycles. The van der Waals surface area contributed by atoms with Crippen LogP contribution in [0.3, 0.4) is 0 Å². The van der Waals surface area contributed by atoms with Gasteiger partial charge >= 0.3 is 0 Å². The molecule has 0 unspecified atom stereocenters. The summed E-state index contributed by atoms with van der Waals surface area (Å²) in [4.78, 5) is 6.90. The number of benzene rings is 1. The molecule has 0 aliphatic heterocycles. The van der Waals surface area contributed by atoms with Crippen molar-refractivity contribution in [1.82, 2.24) is 20.3 Å². The highest BCUT2D eigenvalue weighted by atomic mass is 127. The Morgan fingerprint density at radius 2 is 1.84 bits per heavy atom. The summed E-state index contributed by atoms with van der Waals surface area (Å²) in [7, 11) is 0.421. The number of nitrogens with zero attached hydrogens (tertiary/aromatic N) is 2. The topological polar surface area (TPSA) is 95.1 Å². The molecule has 10 heteroatoms. The molecule has 0 saturated heterocycles. The van der Waals surface area contributed by atoms with Crippen molar-refractivity contribution in [2.75, 3.05) is 46.9 Å². The fraction of sp³-hybridized carbons (Fsp3) is 0.667. The zero-order valence-corrected chi connectivity index (χ0v) is 22.6. The standard InChI is InChI=1S/C21H39N5O3S.HI/c1-6-22-21(23-12-14-26(4)13-9-15-29-5)24-16-19-10-7-8-11-20(19)17-30(27,28)25-18(2)3;/h7-8,10-11,18,25H,6,9,12-17H2,1-5H3,(H2,22,23,24);1H. The largest absolute Gasteiger partial charge is 0.385 e. The maximum absolute atomic E-state index is 12.3. The summed E-state index contributed by atoms with van der Waals surface area (Å²) in [6.07, 6.45) is 1.01. The van der Waals surface area contributed by atoms with Crippen LogP contribution in [-0.4, -0.2) is 72.3 Å². The van der Waals surface area contributed by atoms with Crippen LogP contribution in [0, 0.1) is 0 Å². The van der Waals surface area contributed by atoms with E-state index in [4.69, 9.17) is 4.74 Å². The third kappa shape index (κ3) is 13.9. The molecule has 31 heavy (non-hydrogen) atoms. The van der Waals surface area contributed by atoms with Crippen LogP contribution in [0.4, 0.5) is 0 Å². The summed E-state index contributed by atoms with van der Waals surface area (Å²) in [6, 6.07) is 7.41. The molecule has 180 valence electrons. The lowest BCUT2D eigenvalue weighted by Crippen LogP contribution is -2.41. The van der Waals surface area contributed by atoms with Gasteiger partial charge in [0.25, 0.3) is 0 Å². The predicted octanol–water partition coefficient (Wildman–Crippen LogP) is 2.16. The molecule has 0 radical (unpaired) electrons. The van der Waals surface area contributed by atoms with E-state index in [2.05, 4.69) is 32.3 Å². The van der Waals surface area contributed by atoms with Crippen LogP contribution in [-0.2, 0) is 27.1 Å². The second kappa shape index (κ2) is 16.7. The van der Waals surface area contributed by atoms with E-state index >= 15 is 0 Å². The number of halogens is 1. The minimum atomic E-state index is -3.38. The van der Waals surface area contributed by atoms with Gasteiger partial charge in [-0.3, -0.25) is 0 Å². The van der Waals surface area contributed by atoms with Crippen LogP contribution in [0.2, 0.25) is 0 Å². The van der Waals surface area contributed by atoms with E-state index in [0.717, 1.165) is 56.3 Å². The highest BCUT2D eigenvalue weighted by molar-refractivity contribution is 14.0. The molecular weight excluding hydrogens is 529 g/mol. The van der Waals surface area contributed by atoms with Crippen molar-refractivity contribution in [3.8, 4) is 0 Å². The Bertz CT molecular complexity index is 744. The third-order valence-corrected chi connectivity index (χ3v) is 5.83. The van der Waals surface area contributed by atoms with Gasteiger partial charge in [0.2, 0.25) is 10.0 Å². The Balaban J connectivity index is 0.00000900. The molecule has 0 aliphatic rings. The highest BCUT2D eigenvalue weighted by Gasteiger charge is 2.15. The summed E-state index contributed by atoms with van der Waals surface area (Å²) >= 11 is 0. The molecule has 1 aromatic rings. The fourth-order valence-corrected chi connectivity index (χ4v) is 4.41. The predicted molar refractivity (Wildman–Crippen MR) is 140 cm³/mol. The first kappa shape index (κ1) is 30.0. The van der Waals surface area contributed by atoms with Crippen LogP contribution in [0.15, 0.2) is 29.3 Å². The molecular formula is C21H40IN5O3S. The van der Waals surface area contributed by atoms with E-state index in [9.17, 15) is 8.42 Å². The molecule has 8 nitrogen and oxygen atoms in total. The molecule has 0 heterocycles. The van der Waals surface area contributed by atoms with Gasteiger partial charge in [-0.25, -0.2) is 18.1 Å². The van der Waals surface area contributed by atoms with Crippen molar-refractivity contribution >= 4 is 40.0 Å². The van der Waals surface area contributed by atoms with Gasteiger partial charge in [0.15, 0.2) is 5.96 Å². The van der Waals surface area contributed by atoms with Crippen molar-refractivity contribution in [3.63, 3.8) is 0 Å². The van der Waals surface area contributed by atoms with Gasteiger partial charge in [-0.15, -0.1) is 24.0 Å². The Morgan fingerprint density at radius 1 is 1.16 bits per heavy atom. The molecule has 0 atom stereocenters. The zero-order chi connectivity index (χ0) is 22.4. The summed E-state index contributed by atoms with van der Waals surface area (Å²) in [5, 5.41) is 6.58. The van der Waals surface area contributed by atoms with Gasteiger partial charge < -0.3 is 20.3 Å². The Kier molecular flexibility index (Phi) is 16.1. The van der Waals surface area contributed by atoms with Gasteiger partial charge in [-0.05, 0) is 45.4 Å². The van der Waals surface area contributed by atoms with E-state index < -0.39 is 10.0 Å². The second-order valence-electron chi connectivity index (χ2n) is 7.57. The molecule has 0 amide bonds. The Hall–Kier alpha value is -0.950. The van der Waals surface area contributed by atoms with Crippen molar-refractivity contribution in [3.05, 3.63) is 35.4 Å². The number of ether oxygens (including phenoxy) is 1. The minimum absolute atomic E-state index is 0. The van der Waals surface area contributed by atoms with Crippen LogP contribution < -0.4 is 15.4 Å². The minimum Gasteiger partial charge on any atom is -0.385 e. The molecule has 1 aromatic carbocycles. The van der Waals surface area contributed by atoms with Crippen molar-refractivity contribution < 1.29 is 13.2 Å². The molecule has 3 N–H and O–H groups in total. The van der Waals surface area contributed by atoms with Gasteiger partial charge in [-0.1, -0.05) is 24.3 Å². The van der Waals surface area contributed by atoms with E-state index in [1.54, 1.807) is 7.11 Å². The number of methoxy groups -OCH3 is 1. The van der Waals surface area contributed by atoms with E-state index in [0.29, 0.717) is 6.54 Å². The maximum atomic E-state index is 12.3. The number of nitrogens with one attached hydrogen (secondary N) is 3. The van der Waals surface area contributed by atoms with Gasteiger partial charge in [0.1, 0.15) is 0 Å².